The summed E-state index contributed by atoms with van der Waals surface area (Å²) < 4.78 is 5.95. The average molecular weight is 319 g/mol. The highest BCUT2D eigenvalue weighted by Crippen LogP contribution is 2.27. The van der Waals surface area contributed by atoms with Crippen molar-refractivity contribution in [2.24, 2.45) is 10.8 Å². The molecule has 3 N–H and O–H groups in total. The third-order valence-electron chi connectivity index (χ3n) is 3.54. The van der Waals surface area contributed by atoms with Gasteiger partial charge in [-0.25, -0.2) is 10.2 Å². The lowest BCUT2D eigenvalue weighted by Gasteiger charge is -2.12. The van der Waals surface area contributed by atoms with Gasteiger partial charge >= 0.3 is 6.03 Å². The molecule has 0 radical (unpaired) electrons. The van der Waals surface area contributed by atoms with Crippen molar-refractivity contribution in [1.29, 1.82) is 0 Å². The minimum absolute atomic E-state index is 0.448. The minimum Gasteiger partial charge on any atom is -0.488 e. The van der Waals surface area contributed by atoms with Crippen LogP contribution >= 0.6 is 0 Å². The largest absolute Gasteiger partial charge is 0.488 e. The molecule has 0 spiro atoms. The van der Waals surface area contributed by atoms with Crippen LogP contribution in [-0.4, -0.2) is 12.2 Å². The molecule has 2 amide bonds. The van der Waals surface area contributed by atoms with Crippen molar-refractivity contribution in [2.45, 2.75) is 6.61 Å². The fourth-order valence-corrected chi connectivity index (χ4v) is 2.43. The van der Waals surface area contributed by atoms with Gasteiger partial charge in [0.15, 0.2) is 0 Å². The summed E-state index contributed by atoms with van der Waals surface area (Å²) in [5.41, 5.74) is 9.12. The Labute approximate surface area is 139 Å². The monoisotopic (exact) mass is 319 g/mol. The molecule has 0 bridgehead atoms. The van der Waals surface area contributed by atoms with Crippen LogP contribution in [0.2, 0.25) is 0 Å². The van der Waals surface area contributed by atoms with Crippen molar-refractivity contribution in [3.05, 3.63) is 77.9 Å². The lowest BCUT2D eigenvalue weighted by atomic mass is 10.0. The summed E-state index contributed by atoms with van der Waals surface area (Å²) in [6.45, 7) is 0.448. The van der Waals surface area contributed by atoms with Gasteiger partial charge < -0.3 is 10.5 Å². The zero-order chi connectivity index (χ0) is 16.8. The zero-order valence-electron chi connectivity index (χ0n) is 13.0. The lowest BCUT2D eigenvalue weighted by molar-refractivity contribution is 0.249. The number of ether oxygens (including phenoxy) is 1. The number of carbonyl (C=O) groups excluding carboxylic acids is 1. The lowest BCUT2D eigenvalue weighted by Crippen LogP contribution is -2.24. The van der Waals surface area contributed by atoms with Crippen molar-refractivity contribution in [1.82, 2.24) is 5.43 Å². The van der Waals surface area contributed by atoms with Crippen molar-refractivity contribution >= 4 is 23.0 Å². The molecule has 0 fully saturated rings. The maximum absolute atomic E-state index is 10.8. The van der Waals surface area contributed by atoms with E-state index >= 15 is 0 Å². The van der Waals surface area contributed by atoms with Gasteiger partial charge in [0.2, 0.25) is 0 Å². The van der Waals surface area contributed by atoms with E-state index in [0.29, 0.717) is 12.4 Å². The standard InChI is InChI=1S/C19H17N3O2/c20-19(23)22-21-12-17-16-9-5-4-8-15(16)10-11-18(17)24-13-14-6-2-1-3-7-14/h1-12H,13H2,(H3,20,22,23)/b21-12-. The van der Waals surface area contributed by atoms with Gasteiger partial charge in [-0.3, -0.25) is 0 Å². The van der Waals surface area contributed by atoms with Gasteiger partial charge in [-0.2, -0.15) is 5.10 Å². The number of amides is 2. The van der Waals surface area contributed by atoms with Gasteiger partial charge in [0.05, 0.1) is 6.21 Å². The molecule has 3 aromatic rings. The second-order valence-electron chi connectivity index (χ2n) is 5.21. The van der Waals surface area contributed by atoms with E-state index in [1.165, 1.54) is 0 Å². The van der Waals surface area contributed by atoms with Crippen molar-refractivity contribution < 1.29 is 9.53 Å². The van der Waals surface area contributed by atoms with Crippen LogP contribution < -0.4 is 15.9 Å². The first-order chi connectivity index (χ1) is 11.7. The molecule has 0 saturated heterocycles. The highest BCUT2D eigenvalue weighted by atomic mass is 16.5. The van der Waals surface area contributed by atoms with E-state index < -0.39 is 6.03 Å². The molecule has 24 heavy (non-hydrogen) atoms. The number of carbonyl (C=O) groups is 1. The number of benzene rings is 3. The number of urea groups is 1. The number of nitrogens with zero attached hydrogens (tertiary/aromatic N) is 1. The van der Waals surface area contributed by atoms with Crippen molar-refractivity contribution in [3.8, 4) is 5.75 Å². The summed E-state index contributed by atoms with van der Waals surface area (Å²) in [5.74, 6) is 0.688. The molecule has 120 valence electrons. The Morgan fingerprint density at radius 2 is 1.79 bits per heavy atom. The Balaban J connectivity index is 1.93. The third kappa shape index (κ3) is 3.70. The highest BCUT2D eigenvalue weighted by Gasteiger charge is 2.07. The molecule has 0 unspecified atom stereocenters. The van der Waals surface area contributed by atoms with Gasteiger partial charge in [0.25, 0.3) is 0 Å². The normalized spacial score (nSPS) is 10.8. The van der Waals surface area contributed by atoms with Gasteiger partial charge in [0, 0.05) is 5.56 Å². The number of nitrogens with two attached hydrogens (primary N) is 1. The van der Waals surface area contributed by atoms with E-state index in [4.69, 9.17) is 10.5 Å². The molecule has 3 aromatic carbocycles. The fourth-order valence-electron chi connectivity index (χ4n) is 2.43. The fraction of sp³-hybridized carbons (Fsp3) is 0.0526. The highest BCUT2D eigenvalue weighted by molar-refractivity contribution is 6.02. The predicted molar refractivity (Wildman–Crippen MR) is 95.0 cm³/mol. The maximum Gasteiger partial charge on any atom is 0.332 e. The topological polar surface area (TPSA) is 76.7 Å². The van der Waals surface area contributed by atoms with E-state index in [1.54, 1.807) is 6.21 Å². The molecule has 0 atom stereocenters. The van der Waals surface area contributed by atoms with Gasteiger partial charge in [-0.1, -0.05) is 60.7 Å². The Morgan fingerprint density at radius 1 is 1.04 bits per heavy atom. The van der Waals surface area contributed by atoms with Gasteiger partial charge in [0.1, 0.15) is 12.4 Å². The van der Waals surface area contributed by atoms with Crippen LogP contribution in [0.15, 0.2) is 71.8 Å². The number of hydrazone groups is 1. The summed E-state index contributed by atoms with van der Waals surface area (Å²) in [6.07, 6.45) is 1.55. The molecule has 0 saturated carbocycles. The number of hydrogen-bond acceptors (Lipinski definition) is 3. The number of rotatable bonds is 5. The van der Waals surface area contributed by atoms with Crippen LogP contribution in [-0.2, 0) is 6.61 Å². The van der Waals surface area contributed by atoms with Crippen molar-refractivity contribution in [3.63, 3.8) is 0 Å². The molecule has 0 aromatic heterocycles. The zero-order valence-corrected chi connectivity index (χ0v) is 13.0. The Kier molecular flexibility index (Phi) is 4.72. The molecule has 0 aliphatic carbocycles. The first-order valence-corrected chi connectivity index (χ1v) is 7.51. The second-order valence-corrected chi connectivity index (χ2v) is 5.21. The van der Waals surface area contributed by atoms with Crippen LogP contribution in [0.25, 0.3) is 10.8 Å². The molecule has 3 rings (SSSR count). The minimum atomic E-state index is -0.710. The smallest absolute Gasteiger partial charge is 0.332 e. The van der Waals surface area contributed by atoms with Crippen LogP contribution in [0.3, 0.4) is 0 Å². The third-order valence-corrected chi connectivity index (χ3v) is 3.54. The number of fused-ring (bicyclic) bond motifs is 1. The molecule has 0 heterocycles. The number of nitrogens with one attached hydrogen (secondary N) is 1. The summed E-state index contributed by atoms with van der Waals surface area (Å²) in [6, 6.07) is 21.0. The van der Waals surface area contributed by atoms with Crippen LogP contribution in [0.1, 0.15) is 11.1 Å². The Morgan fingerprint density at radius 3 is 2.58 bits per heavy atom. The SMILES string of the molecule is NC(=O)N/N=C\c1c(OCc2ccccc2)ccc2ccccc12. The van der Waals surface area contributed by atoms with E-state index in [-0.39, 0.29) is 0 Å². The quantitative estimate of drug-likeness (QED) is 0.558. The van der Waals surface area contributed by atoms with Gasteiger partial charge in [-0.05, 0) is 22.4 Å². The summed E-state index contributed by atoms with van der Waals surface area (Å²) in [7, 11) is 0. The summed E-state index contributed by atoms with van der Waals surface area (Å²) >= 11 is 0. The molecule has 0 aliphatic rings. The molecular formula is C19H17N3O2. The maximum atomic E-state index is 10.8. The number of hydrogen-bond donors (Lipinski definition) is 2. The van der Waals surface area contributed by atoms with Gasteiger partial charge in [-0.15, -0.1) is 0 Å². The average Bonchev–Trinajstić information content (AvgIpc) is 2.61. The Hall–Kier alpha value is -3.34. The predicted octanol–water partition coefficient (Wildman–Crippen LogP) is 3.42. The van der Waals surface area contributed by atoms with E-state index in [1.807, 2.05) is 66.7 Å². The summed E-state index contributed by atoms with van der Waals surface area (Å²) in [5, 5.41) is 5.92. The molecule has 0 aliphatic heterocycles. The molecule has 5 heteroatoms. The Bertz CT molecular complexity index is 876. The van der Waals surface area contributed by atoms with Crippen LogP contribution in [0.4, 0.5) is 4.79 Å². The van der Waals surface area contributed by atoms with E-state index in [2.05, 4.69) is 10.5 Å². The van der Waals surface area contributed by atoms with E-state index in [0.717, 1.165) is 21.9 Å². The number of primary amides is 1. The second kappa shape index (κ2) is 7.28. The van der Waals surface area contributed by atoms with Crippen molar-refractivity contribution in [2.75, 3.05) is 0 Å². The van der Waals surface area contributed by atoms with Crippen LogP contribution in [0, 0.1) is 0 Å². The van der Waals surface area contributed by atoms with E-state index in [9.17, 15) is 4.79 Å². The van der Waals surface area contributed by atoms with Crippen LogP contribution in [0.5, 0.6) is 5.75 Å². The molecular weight excluding hydrogens is 302 g/mol. The first kappa shape index (κ1) is 15.6. The summed E-state index contributed by atoms with van der Waals surface area (Å²) in [4.78, 5) is 10.8. The first-order valence-electron chi connectivity index (χ1n) is 7.51. The molecule has 5 nitrogen and oxygen atoms in total.